The zero-order valence-electron chi connectivity index (χ0n) is 15.2. The van der Waals surface area contributed by atoms with Crippen molar-refractivity contribution < 1.29 is 28.8 Å². The third kappa shape index (κ3) is 5.13. The Morgan fingerprint density at radius 1 is 1.00 bits per heavy atom. The van der Waals surface area contributed by atoms with E-state index in [-0.39, 0.29) is 6.61 Å². The van der Waals surface area contributed by atoms with Crippen LogP contribution in [0.4, 0.5) is 0 Å². The molecule has 0 saturated heterocycles. The van der Waals surface area contributed by atoms with Crippen LogP contribution >= 0.6 is 0 Å². The molecule has 6 nitrogen and oxygen atoms in total. The summed E-state index contributed by atoms with van der Waals surface area (Å²) in [5.74, 6) is 1.32. The van der Waals surface area contributed by atoms with Crippen molar-refractivity contribution in [3.8, 4) is 17.2 Å². The predicted molar refractivity (Wildman–Crippen MR) is 96.8 cm³/mol. The molecule has 0 unspecified atom stereocenters. The van der Waals surface area contributed by atoms with Crippen LogP contribution in [-0.2, 0) is 16.0 Å². The van der Waals surface area contributed by atoms with Crippen LogP contribution in [-0.4, -0.2) is 39.0 Å². The van der Waals surface area contributed by atoms with Crippen molar-refractivity contribution in [2.75, 3.05) is 27.9 Å². The largest absolute Gasteiger partial charge is 0.493 e. The summed E-state index contributed by atoms with van der Waals surface area (Å²) in [6.45, 7) is -0.198. The molecule has 1 N–H and O–H groups in total. The van der Waals surface area contributed by atoms with Crippen LogP contribution in [0.25, 0.3) is 0 Å². The van der Waals surface area contributed by atoms with E-state index in [2.05, 4.69) is 4.74 Å². The summed E-state index contributed by atoms with van der Waals surface area (Å²) in [5.41, 5.74) is 1.66. The molecule has 2 aromatic carbocycles. The van der Waals surface area contributed by atoms with Crippen molar-refractivity contribution in [2.24, 2.45) is 0 Å². The van der Waals surface area contributed by atoms with Crippen molar-refractivity contribution in [1.29, 1.82) is 0 Å². The van der Waals surface area contributed by atoms with Gasteiger partial charge >= 0.3 is 5.97 Å². The number of aliphatic hydroxyl groups is 1. The minimum absolute atomic E-state index is 0.198. The molecule has 0 aliphatic rings. The smallest absolute Gasteiger partial charge is 0.343 e. The SMILES string of the molecule is COC(=O)COc1ccccc1[C@H](O)CCc1ccc(OC)c(OC)c1. The monoisotopic (exact) mass is 360 g/mol. The molecule has 0 aromatic heterocycles. The number of carbonyl (C=O) groups excluding carboxylic acids is 1. The van der Waals surface area contributed by atoms with E-state index in [1.807, 2.05) is 24.3 Å². The molecule has 0 saturated carbocycles. The Bertz CT molecular complexity index is 728. The van der Waals surface area contributed by atoms with Crippen molar-refractivity contribution in [3.05, 3.63) is 53.6 Å². The molecule has 0 aliphatic heterocycles. The predicted octanol–water partition coefficient (Wildman–Crippen LogP) is 2.92. The number of rotatable bonds is 9. The standard InChI is InChI=1S/C20H24O6/c1-23-18-11-9-14(12-19(18)24-2)8-10-16(21)15-6-4-5-7-17(15)26-13-20(22)25-3/h4-7,9,11-12,16,21H,8,10,13H2,1-3H3/t16-/m1/s1. The molecule has 0 amide bonds. The number of hydrogen-bond acceptors (Lipinski definition) is 6. The molecule has 0 aliphatic carbocycles. The Kier molecular flexibility index (Phi) is 7.29. The fourth-order valence-electron chi connectivity index (χ4n) is 2.58. The van der Waals surface area contributed by atoms with Gasteiger partial charge in [0.1, 0.15) is 5.75 Å². The first-order chi connectivity index (χ1) is 12.6. The molecule has 1 atom stereocenters. The van der Waals surface area contributed by atoms with Crippen molar-refractivity contribution in [1.82, 2.24) is 0 Å². The number of para-hydroxylation sites is 1. The van der Waals surface area contributed by atoms with Crippen molar-refractivity contribution in [2.45, 2.75) is 18.9 Å². The fraction of sp³-hybridized carbons (Fsp3) is 0.350. The highest BCUT2D eigenvalue weighted by Crippen LogP contribution is 2.31. The molecule has 26 heavy (non-hydrogen) atoms. The van der Waals surface area contributed by atoms with Crippen LogP contribution in [0.1, 0.15) is 23.7 Å². The molecule has 0 fully saturated rings. The van der Waals surface area contributed by atoms with Gasteiger partial charge in [0.05, 0.1) is 27.4 Å². The van der Waals surface area contributed by atoms with Gasteiger partial charge in [0.2, 0.25) is 0 Å². The summed E-state index contributed by atoms with van der Waals surface area (Å²) in [6.07, 6.45) is 0.415. The summed E-state index contributed by atoms with van der Waals surface area (Å²) in [6, 6.07) is 12.8. The van der Waals surface area contributed by atoms with Crippen LogP contribution in [0.3, 0.4) is 0 Å². The number of aryl methyl sites for hydroxylation is 1. The number of ether oxygens (including phenoxy) is 4. The van der Waals surface area contributed by atoms with E-state index in [0.29, 0.717) is 35.7 Å². The van der Waals surface area contributed by atoms with Crippen LogP contribution in [0.2, 0.25) is 0 Å². The van der Waals surface area contributed by atoms with E-state index in [1.54, 1.807) is 32.4 Å². The van der Waals surface area contributed by atoms with E-state index in [0.717, 1.165) is 5.56 Å². The summed E-state index contributed by atoms with van der Waals surface area (Å²) >= 11 is 0. The first kappa shape index (κ1) is 19.6. The Morgan fingerprint density at radius 2 is 1.73 bits per heavy atom. The summed E-state index contributed by atoms with van der Waals surface area (Å²) in [5, 5.41) is 10.6. The lowest BCUT2D eigenvalue weighted by molar-refractivity contribution is -0.142. The number of hydrogen-bond donors (Lipinski definition) is 1. The van der Waals surface area contributed by atoms with E-state index in [9.17, 15) is 9.90 Å². The number of aliphatic hydroxyl groups excluding tert-OH is 1. The highest BCUT2D eigenvalue weighted by atomic mass is 16.6. The summed E-state index contributed by atoms with van der Waals surface area (Å²) in [4.78, 5) is 11.3. The topological polar surface area (TPSA) is 74.2 Å². The number of benzene rings is 2. The maximum atomic E-state index is 11.3. The Hall–Kier alpha value is -2.73. The van der Waals surface area contributed by atoms with Crippen molar-refractivity contribution in [3.63, 3.8) is 0 Å². The minimum Gasteiger partial charge on any atom is -0.493 e. The van der Waals surface area contributed by atoms with Gasteiger partial charge in [-0.15, -0.1) is 0 Å². The molecular formula is C20H24O6. The Balaban J connectivity index is 2.04. The van der Waals surface area contributed by atoms with Gasteiger partial charge in [-0.05, 0) is 36.6 Å². The molecule has 140 valence electrons. The molecule has 0 bridgehead atoms. The highest BCUT2D eigenvalue weighted by Gasteiger charge is 2.15. The second-order valence-electron chi connectivity index (χ2n) is 5.65. The first-order valence-electron chi connectivity index (χ1n) is 8.26. The zero-order chi connectivity index (χ0) is 18.9. The third-order valence-corrected chi connectivity index (χ3v) is 4.01. The lowest BCUT2D eigenvalue weighted by Crippen LogP contribution is -2.14. The van der Waals surface area contributed by atoms with Gasteiger partial charge in [-0.1, -0.05) is 24.3 Å². The minimum atomic E-state index is -0.725. The maximum absolute atomic E-state index is 11.3. The molecule has 6 heteroatoms. The van der Waals surface area contributed by atoms with Gasteiger partial charge in [-0.2, -0.15) is 0 Å². The second-order valence-corrected chi connectivity index (χ2v) is 5.65. The number of esters is 1. The van der Waals surface area contributed by atoms with E-state index >= 15 is 0 Å². The number of carbonyl (C=O) groups is 1. The second kappa shape index (κ2) is 9.68. The van der Waals surface area contributed by atoms with Gasteiger partial charge in [0, 0.05) is 5.56 Å². The number of methoxy groups -OCH3 is 3. The van der Waals surface area contributed by atoms with Gasteiger partial charge in [-0.25, -0.2) is 4.79 Å². The Labute approximate surface area is 153 Å². The highest BCUT2D eigenvalue weighted by molar-refractivity contribution is 5.70. The van der Waals surface area contributed by atoms with Gasteiger partial charge in [0.15, 0.2) is 18.1 Å². The van der Waals surface area contributed by atoms with Crippen LogP contribution in [0, 0.1) is 0 Å². The van der Waals surface area contributed by atoms with Crippen molar-refractivity contribution >= 4 is 5.97 Å². The zero-order valence-corrected chi connectivity index (χ0v) is 15.2. The lowest BCUT2D eigenvalue weighted by Gasteiger charge is -2.16. The first-order valence-corrected chi connectivity index (χ1v) is 8.26. The van der Waals surface area contributed by atoms with Crippen LogP contribution in [0.15, 0.2) is 42.5 Å². The molecule has 0 heterocycles. The fourth-order valence-corrected chi connectivity index (χ4v) is 2.58. The lowest BCUT2D eigenvalue weighted by atomic mass is 10.0. The van der Waals surface area contributed by atoms with Gasteiger partial charge in [0.25, 0.3) is 0 Å². The Morgan fingerprint density at radius 3 is 2.42 bits per heavy atom. The quantitative estimate of drug-likeness (QED) is 0.693. The van der Waals surface area contributed by atoms with Crippen LogP contribution < -0.4 is 14.2 Å². The van der Waals surface area contributed by atoms with E-state index in [1.165, 1.54) is 7.11 Å². The normalized spacial score (nSPS) is 11.5. The van der Waals surface area contributed by atoms with Gasteiger partial charge in [-0.3, -0.25) is 0 Å². The molecule has 0 spiro atoms. The summed E-state index contributed by atoms with van der Waals surface area (Å²) in [7, 11) is 4.48. The molecular weight excluding hydrogens is 336 g/mol. The van der Waals surface area contributed by atoms with E-state index in [4.69, 9.17) is 14.2 Å². The average Bonchev–Trinajstić information content (AvgIpc) is 2.69. The molecule has 0 radical (unpaired) electrons. The molecule has 2 rings (SSSR count). The van der Waals surface area contributed by atoms with E-state index < -0.39 is 12.1 Å². The maximum Gasteiger partial charge on any atom is 0.343 e. The third-order valence-electron chi connectivity index (χ3n) is 4.01. The van der Waals surface area contributed by atoms with Gasteiger partial charge < -0.3 is 24.1 Å². The van der Waals surface area contributed by atoms with Crippen LogP contribution in [0.5, 0.6) is 17.2 Å². The summed E-state index contributed by atoms with van der Waals surface area (Å²) < 4.78 is 20.6. The molecule has 2 aromatic rings. The average molecular weight is 360 g/mol.